The van der Waals surface area contributed by atoms with Crippen molar-refractivity contribution in [1.29, 1.82) is 0 Å². The van der Waals surface area contributed by atoms with Crippen LogP contribution in [0.4, 0.5) is 0 Å². The molecule has 0 bridgehead atoms. The summed E-state index contributed by atoms with van der Waals surface area (Å²) in [6.45, 7) is 4.08. The number of nitrogens with one attached hydrogen (secondary N) is 1. The van der Waals surface area contributed by atoms with E-state index in [2.05, 4.69) is 27.0 Å². The molecule has 1 atom stereocenters. The fraction of sp³-hybridized carbons (Fsp3) is 0.375. The van der Waals surface area contributed by atoms with E-state index in [1.165, 1.54) is 5.56 Å². The molecule has 0 spiro atoms. The van der Waals surface area contributed by atoms with E-state index in [1.54, 1.807) is 18.4 Å². The molecule has 0 amide bonds. The summed E-state index contributed by atoms with van der Waals surface area (Å²) in [7, 11) is 1.72. The number of nitrogens with zero attached hydrogens (tertiary/aromatic N) is 1. The van der Waals surface area contributed by atoms with Gasteiger partial charge in [0.2, 0.25) is 0 Å². The van der Waals surface area contributed by atoms with Gasteiger partial charge in [0.25, 0.3) is 0 Å². The standard InChI is InChI=1S/C16H19ClN2OS/c1-20-15-3-2-13(17)10-14(15)16(12-4-9-21-11-12)19-7-5-18-6-8-19/h2-4,9-11,16,18H,5-8H2,1H3. The zero-order chi connectivity index (χ0) is 14.7. The number of hydrogen-bond donors (Lipinski definition) is 1. The lowest BCUT2D eigenvalue weighted by Gasteiger charge is -2.35. The second-order valence-electron chi connectivity index (χ2n) is 5.13. The lowest BCUT2D eigenvalue weighted by atomic mass is 9.98. The van der Waals surface area contributed by atoms with E-state index in [-0.39, 0.29) is 6.04 Å². The second kappa shape index (κ2) is 6.79. The summed E-state index contributed by atoms with van der Waals surface area (Å²) < 4.78 is 5.57. The molecule has 2 heterocycles. The van der Waals surface area contributed by atoms with Crippen LogP contribution in [0.3, 0.4) is 0 Å². The number of hydrogen-bond acceptors (Lipinski definition) is 4. The van der Waals surface area contributed by atoms with Gasteiger partial charge in [-0.05, 0) is 40.6 Å². The van der Waals surface area contributed by atoms with E-state index in [0.29, 0.717) is 0 Å². The highest BCUT2D eigenvalue weighted by Crippen LogP contribution is 2.37. The van der Waals surface area contributed by atoms with Gasteiger partial charge in [-0.25, -0.2) is 0 Å². The van der Waals surface area contributed by atoms with Crippen LogP contribution in [0.15, 0.2) is 35.0 Å². The van der Waals surface area contributed by atoms with Gasteiger partial charge in [-0.3, -0.25) is 4.90 Å². The van der Waals surface area contributed by atoms with Crippen LogP contribution in [-0.2, 0) is 0 Å². The molecule has 0 aliphatic carbocycles. The summed E-state index contributed by atoms with van der Waals surface area (Å²) in [4.78, 5) is 2.49. The number of methoxy groups -OCH3 is 1. The molecular weight excluding hydrogens is 304 g/mol. The number of ether oxygens (including phenoxy) is 1. The maximum atomic E-state index is 6.23. The molecule has 2 aromatic rings. The van der Waals surface area contributed by atoms with Gasteiger partial charge < -0.3 is 10.1 Å². The molecule has 3 rings (SSSR count). The van der Waals surface area contributed by atoms with Gasteiger partial charge in [-0.15, -0.1) is 0 Å². The Morgan fingerprint density at radius 3 is 2.76 bits per heavy atom. The van der Waals surface area contributed by atoms with Gasteiger partial charge in [0.15, 0.2) is 0 Å². The van der Waals surface area contributed by atoms with Crippen LogP contribution in [-0.4, -0.2) is 38.2 Å². The van der Waals surface area contributed by atoms with Gasteiger partial charge in [0.1, 0.15) is 5.75 Å². The van der Waals surface area contributed by atoms with Crippen LogP contribution >= 0.6 is 22.9 Å². The largest absolute Gasteiger partial charge is 0.496 e. The Kier molecular flexibility index (Phi) is 4.80. The minimum absolute atomic E-state index is 0.201. The van der Waals surface area contributed by atoms with Crippen molar-refractivity contribution in [2.24, 2.45) is 0 Å². The summed E-state index contributed by atoms with van der Waals surface area (Å²) in [5.41, 5.74) is 2.45. The normalized spacial score (nSPS) is 17.6. The molecule has 0 saturated carbocycles. The lowest BCUT2D eigenvalue weighted by Crippen LogP contribution is -2.45. The van der Waals surface area contributed by atoms with Gasteiger partial charge in [-0.2, -0.15) is 11.3 Å². The van der Waals surface area contributed by atoms with Crippen LogP contribution in [0.2, 0.25) is 5.02 Å². The first kappa shape index (κ1) is 14.9. The number of rotatable bonds is 4. The average molecular weight is 323 g/mol. The molecule has 21 heavy (non-hydrogen) atoms. The highest BCUT2D eigenvalue weighted by Gasteiger charge is 2.26. The molecule has 1 N–H and O–H groups in total. The lowest BCUT2D eigenvalue weighted by molar-refractivity contribution is 0.196. The summed E-state index contributed by atoms with van der Waals surface area (Å²) in [6, 6.07) is 8.26. The number of thiophene rings is 1. The van der Waals surface area contributed by atoms with Crippen molar-refractivity contribution in [3.05, 3.63) is 51.2 Å². The van der Waals surface area contributed by atoms with Crippen molar-refractivity contribution < 1.29 is 4.74 Å². The molecular formula is C16H19ClN2OS. The quantitative estimate of drug-likeness (QED) is 0.933. The van der Waals surface area contributed by atoms with Crippen LogP contribution in [0.1, 0.15) is 17.2 Å². The molecule has 3 nitrogen and oxygen atoms in total. The number of halogens is 1. The molecule has 1 saturated heterocycles. The zero-order valence-electron chi connectivity index (χ0n) is 12.0. The van der Waals surface area contributed by atoms with Crippen molar-refractivity contribution in [2.45, 2.75) is 6.04 Å². The zero-order valence-corrected chi connectivity index (χ0v) is 13.6. The first-order valence-corrected chi connectivity index (χ1v) is 8.42. The minimum atomic E-state index is 0.201. The third kappa shape index (κ3) is 3.24. The molecule has 1 aliphatic rings. The Balaban J connectivity index is 2.04. The van der Waals surface area contributed by atoms with E-state index in [0.717, 1.165) is 42.5 Å². The average Bonchev–Trinajstić information content (AvgIpc) is 3.03. The van der Waals surface area contributed by atoms with Gasteiger partial charge in [0.05, 0.1) is 13.2 Å². The van der Waals surface area contributed by atoms with Crippen LogP contribution in [0.25, 0.3) is 0 Å². The van der Waals surface area contributed by atoms with E-state index in [1.807, 2.05) is 18.2 Å². The van der Waals surface area contributed by atoms with E-state index in [4.69, 9.17) is 16.3 Å². The van der Waals surface area contributed by atoms with Crippen molar-refractivity contribution in [3.63, 3.8) is 0 Å². The maximum Gasteiger partial charge on any atom is 0.124 e. The van der Waals surface area contributed by atoms with Crippen molar-refractivity contribution in [3.8, 4) is 5.75 Å². The highest BCUT2D eigenvalue weighted by molar-refractivity contribution is 7.08. The Morgan fingerprint density at radius 1 is 1.29 bits per heavy atom. The van der Waals surface area contributed by atoms with E-state index in [9.17, 15) is 0 Å². The predicted octanol–water partition coefficient (Wildman–Crippen LogP) is 3.40. The monoisotopic (exact) mass is 322 g/mol. The molecule has 0 radical (unpaired) electrons. The molecule has 1 unspecified atom stereocenters. The Labute approximate surface area is 134 Å². The Bertz CT molecular complexity index is 582. The fourth-order valence-corrected chi connectivity index (χ4v) is 3.74. The van der Waals surface area contributed by atoms with E-state index < -0.39 is 0 Å². The SMILES string of the molecule is COc1ccc(Cl)cc1C(c1ccsc1)N1CCNCC1. The smallest absolute Gasteiger partial charge is 0.124 e. The number of benzene rings is 1. The topological polar surface area (TPSA) is 24.5 Å². The predicted molar refractivity (Wildman–Crippen MR) is 88.6 cm³/mol. The minimum Gasteiger partial charge on any atom is -0.496 e. The molecule has 1 aromatic heterocycles. The highest BCUT2D eigenvalue weighted by atomic mass is 35.5. The first-order chi connectivity index (χ1) is 10.3. The first-order valence-electron chi connectivity index (χ1n) is 7.10. The summed E-state index contributed by atoms with van der Waals surface area (Å²) >= 11 is 7.96. The van der Waals surface area contributed by atoms with Gasteiger partial charge >= 0.3 is 0 Å². The van der Waals surface area contributed by atoms with Crippen LogP contribution in [0, 0.1) is 0 Å². The fourth-order valence-electron chi connectivity index (χ4n) is 2.88. The van der Waals surface area contributed by atoms with Gasteiger partial charge in [-0.1, -0.05) is 11.6 Å². The molecule has 1 aliphatic heterocycles. The third-order valence-corrected chi connectivity index (χ3v) is 4.80. The molecule has 112 valence electrons. The third-order valence-electron chi connectivity index (χ3n) is 3.86. The Morgan fingerprint density at radius 2 is 2.10 bits per heavy atom. The summed E-state index contributed by atoms with van der Waals surface area (Å²) in [5.74, 6) is 0.897. The maximum absolute atomic E-state index is 6.23. The summed E-state index contributed by atoms with van der Waals surface area (Å²) in [5, 5.41) is 8.50. The molecule has 1 aromatic carbocycles. The van der Waals surface area contributed by atoms with Gasteiger partial charge in [0, 0.05) is 36.8 Å². The second-order valence-corrected chi connectivity index (χ2v) is 6.35. The number of piperazine rings is 1. The van der Waals surface area contributed by atoms with Crippen molar-refractivity contribution >= 4 is 22.9 Å². The van der Waals surface area contributed by atoms with Crippen LogP contribution < -0.4 is 10.1 Å². The van der Waals surface area contributed by atoms with Crippen molar-refractivity contribution in [1.82, 2.24) is 10.2 Å². The summed E-state index contributed by atoms with van der Waals surface area (Å²) in [6.07, 6.45) is 0. The Hall–Kier alpha value is -1.07. The van der Waals surface area contributed by atoms with Crippen LogP contribution in [0.5, 0.6) is 5.75 Å². The van der Waals surface area contributed by atoms with Crippen molar-refractivity contribution in [2.75, 3.05) is 33.3 Å². The molecule has 5 heteroatoms. The van der Waals surface area contributed by atoms with E-state index >= 15 is 0 Å². The molecule has 1 fully saturated rings.